The molecule has 1 saturated heterocycles. The molecule has 0 radical (unpaired) electrons. The number of hydrogen-bond donors (Lipinski definition) is 1. The zero-order valence-electron chi connectivity index (χ0n) is 19.5. The van der Waals surface area contributed by atoms with Crippen molar-refractivity contribution in [1.29, 1.82) is 0 Å². The van der Waals surface area contributed by atoms with Crippen molar-refractivity contribution in [3.8, 4) is 5.75 Å². The second-order valence-corrected chi connectivity index (χ2v) is 11.3. The molecule has 1 heterocycles. The molecule has 3 rings (SSSR count). The van der Waals surface area contributed by atoms with Crippen molar-refractivity contribution in [1.82, 2.24) is 14.5 Å². The van der Waals surface area contributed by atoms with Gasteiger partial charge in [0.1, 0.15) is 5.75 Å². The van der Waals surface area contributed by atoms with E-state index in [4.69, 9.17) is 16.3 Å². The monoisotopic (exact) mass is 543 g/mol. The number of carbonyl (C=O) groups is 1. The van der Waals surface area contributed by atoms with Crippen molar-refractivity contribution in [2.24, 2.45) is 0 Å². The Morgan fingerprint density at radius 3 is 2.32 bits per heavy atom. The fourth-order valence-corrected chi connectivity index (χ4v) is 6.49. The lowest BCUT2D eigenvalue weighted by molar-refractivity contribution is -0.0856. The van der Waals surface area contributed by atoms with Crippen molar-refractivity contribution in [3.63, 3.8) is 0 Å². The molecule has 1 aromatic carbocycles. The van der Waals surface area contributed by atoms with Crippen molar-refractivity contribution < 1.29 is 26.7 Å². The molecule has 2 fully saturated rings. The second kappa shape index (κ2) is 11.7. The number of carbonyl (C=O) groups excluding carboxylic acids is 1. The minimum Gasteiger partial charge on any atom is -0.496 e. The minimum atomic E-state index is -3.31. The first-order valence-electron chi connectivity index (χ1n) is 11.2. The number of ether oxygens (including phenoxy) is 1. The van der Waals surface area contributed by atoms with E-state index in [0.717, 1.165) is 0 Å². The van der Waals surface area contributed by atoms with Crippen molar-refractivity contribution in [2.75, 3.05) is 45.6 Å². The van der Waals surface area contributed by atoms with Gasteiger partial charge in [0.2, 0.25) is 15.9 Å². The van der Waals surface area contributed by atoms with Crippen LogP contribution < -0.4 is 10.1 Å². The molecule has 0 aromatic heterocycles. The summed E-state index contributed by atoms with van der Waals surface area (Å²) in [6, 6.07) is 4.90. The van der Waals surface area contributed by atoms with Gasteiger partial charge in [0.15, 0.2) is 0 Å². The van der Waals surface area contributed by atoms with Gasteiger partial charge < -0.3 is 10.1 Å². The summed E-state index contributed by atoms with van der Waals surface area (Å²) in [5, 5.41) is 3.13. The molecule has 7 nitrogen and oxygen atoms in total. The van der Waals surface area contributed by atoms with E-state index in [0.29, 0.717) is 38.3 Å². The predicted octanol–water partition coefficient (Wildman–Crippen LogP) is 3.81. The van der Waals surface area contributed by atoms with E-state index >= 15 is 0 Å². The molecule has 1 aromatic rings. The van der Waals surface area contributed by atoms with Crippen LogP contribution in [0.2, 0.25) is 5.02 Å². The molecule has 0 spiro atoms. The summed E-state index contributed by atoms with van der Waals surface area (Å²) in [6.45, 7) is 3.47. The summed E-state index contributed by atoms with van der Waals surface area (Å²) >= 11 is 6.22. The first-order chi connectivity index (χ1) is 15.5. The highest BCUT2D eigenvalue weighted by Crippen LogP contribution is 2.42. The number of hydrogen-bond acceptors (Lipinski definition) is 5. The van der Waals surface area contributed by atoms with Crippen LogP contribution in [0.1, 0.15) is 49.4 Å². The lowest BCUT2D eigenvalue weighted by Gasteiger charge is -2.50. The Morgan fingerprint density at radius 1 is 1.15 bits per heavy atom. The molecule has 1 aliphatic carbocycles. The highest BCUT2D eigenvalue weighted by molar-refractivity contribution is 7.89. The Bertz CT molecular complexity index is 947. The molecular weight excluding hydrogens is 511 g/mol. The van der Waals surface area contributed by atoms with Crippen molar-refractivity contribution >= 4 is 39.9 Å². The number of nitrogens with one attached hydrogen (secondary N) is 1. The first kappa shape index (κ1) is 29.0. The van der Waals surface area contributed by atoms with Gasteiger partial charge in [-0.25, -0.2) is 17.2 Å². The largest absolute Gasteiger partial charge is 0.496 e. The van der Waals surface area contributed by atoms with Crippen LogP contribution in [-0.2, 0) is 10.0 Å². The number of alkyl halides is 2. The van der Waals surface area contributed by atoms with Gasteiger partial charge in [-0.1, -0.05) is 24.6 Å². The summed E-state index contributed by atoms with van der Waals surface area (Å²) in [5.74, 6) is -2.73. The van der Waals surface area contributed by atoms with Gasteiger partial charge in [0, 0.05) is 51.1 Å². The number of methoxy groups -OCH3 is 1. The summed E-state index contributed by atoms with van der Waals surface area (Å²) in [7, 11) is -1.87. The van der Waals surface area contributed by atoms with Crippen LogP contribution in [0.4, 0.5) is 8.78 Å². The minimum absolute atomic E-state index is 0. The molecule has 0 bridgehead atoms. The van der Waals surface area contributed by atoms with E-state index in [1.54, 1.807) is 18.2 Å². The van der Waals surface area contributed by atoms with Crippen LogP contribution in [-0.4, -0.2) is 80.6 Å². The first-order valence-corrected chi connectivity index (χ1v) is 13.2. The third-order valence-corrected chi connectivity index (χ3v) is 9.07. The van der Waals surface area contributed by atoms with E-state index in [1.165, 1.54) is 11.4 Å². The number of halogens is 4. The number of rotatable bonds is 8. The van der Waals surface area contributed by atoms with Crippen LogP contribution in [0, 0.1) is 0 Å². The zero-order chi connectivity index (χ0) is 24.3. The van der Waals surface area contributed by atoms with Gasteiger partial charge in [-0.15, -0.1) is 12.4 Å². The standard InChI is InChI=1S/C22H32ClF2N3O4S.ClH/c1-3-15-33(30,31)28-13-11-27(12-14-28)21(7-9-22(24,25)10-8-21)16-26-20(29)19-17(23)5-4-6-18(19)32-2;/h4-6H,3,7-16H2,1-2H3,(H,26,29);1H. The topological polar surface area (TPSA) is 79.0 Å². The van der Waals surface area contributed by atoms with Crippen molar-refractivity contribution in [2.45, 2.75) is 50.5 Å². The molecule has 1 aliphatic heterocycles. The summed E-state index contributed by atoms with van der Waals surface area (Å²) in [4.78, 5) is 15.0. The van der Waals surface area contributed by atoms with Gasteiger partial charge in [0.05, 0.1) is 23.4 Å². The molecular formula is C22H33Cl2F2N3O4S. The molecule has 2 aliphatic rings. The smallest absolute Gasteiger partial charge is 0.256 e. The Hall–Kier alpha value is -1.20. The van der Waals surface area contributed by atoms with Crippen molar-refractivity contribution in [3.05, 3.63) is 28.8 Å². The van der Waals surface area contributed by atoms with E-state index in [2.05, 4.69) is 10.2 Å². The van der Waals surface area contributed by atoms with Gasteiger partial charge >= 0.3 is 0 Å². The summed E-state index contributed by atoms with van der Waals surface area (Å²) in [5.41, 5.74) is -0.472. The highest BCUT2D eigenvalue weighted by atomic mass is 35.5. The Kier molecular flexibility index (Phi) is 9.98. The van der Waals surface area contributed by atoms with Gasteiger partial charge in [-0.2, -0.15) is 4.31 Å². The van der Waals surface area contributed by atoms with Crippen LogP contribution in [0.25, 0.3) is 0 Å². The number of sulfonamides is 1. The number of benzene rings is 1. The zero-order valence-corrected chi connectivity index (χ0v) is 21.9. The summed E-state index contributed by atoms with van der Waals surface area (Å²) < 4.78 is 59.6. The molecule has 194 valence electrons. The lowest BCUT2D eigenvalue weighted by Crippen LogP contribution is -2.63. The van der Waals surface area contributed by atoms with Crippen LogP contribution >= 0.6 is 24.0 Å². The Morgan fingerprint density at radius 2 is 1.76 bits per heavy atom. The maximum absolute atomic E-state index is 14.0. The normalized spacial score (nSPS) is 20.9. The quantitative estimate of drug-likeness (QED) is 0.539. The third-order valence-electron chi connectivity index (χ3n) is 6.68. The molecule has 34 heavy (non-hydrogen) atoms. The maximum Gasteiger partial charge on any atom is 0.256 e. The number of amides is 1. The molecule has 0 unspecified atom stereocenters. The highest BCUT2D eigenvalue weighted by Gasteiger charge is 2.47. The van der Waals surface area contributed by atoms with Crippen LogP contribution in [0.5, 0.6) is 5.75 Å². The third kappa shape index (κ3) is 6.51. The lowest BCUT2D eigenvalue weighted by atomic mass is 9.78. The number of piperazine rings is 1. The second-order valence-electron chi connectivity index (χ2n) is 8.78. The Balaban J connectivity index is 0.00000408. The van der Waals surface area contributed by atoms with E-state index in [9.17, 15) is 22.0 Å². The molecule has 12 heteroatoms. The van der Waals surface area contributed by atoms with Crippen LogP contribution in [0.15, 0.2) is 18.2 Å². The SMILES string of the molecule is CCCS(=O)(=O)N1CCN(C2(CNC(=O)c3c(Cl)cccc3OC)CCC(F)(F)CC2)CC1.Cl. The van der Waals surface area contributed by atoms with Gasteiger partial charge in [-0.3, -0.25) is 9.69 Å². The molecule has 0 atom stereocenters. The molecule has 1 amide bonds. The van der Waals surface area contributed by atoms with E-state index < -0.39 is 27.4 Å². The van der Waals surface area contributed by atoms with Gasteiger partial charge in [0.25, 0.3) is 5.91 Å². The molecule has 1 N–H and O–H groups in total. The average Bonchev–Trinajstić information content (AvgIpc) is 2.78. The van der Waals surface area contributed by atoms with Crippen LogP contribution in [0.3, 0.4) is 0 Å². The molecule has 1 saturated carbocycles. The van der Waals surface area contributed by atoms with E-state index in [-0.39, 0.29) is 61.0 Å². The fourth-order valence-electron chi connectivity index (χ4n) is 4.74. The fraction of sp³-hybridized carbons (Fsp3) is 0.682. The maximum atomic E-state index is 14.0. The Labute approximate surface area is 211 Å². The average molecular weight is 544 g/mol. The summed E-state index contributed by atoms with van der Waals surface area (Å²) in [6.07, 6.45) is 0.418. The van der Waals surface area contributed by atoms with E-state index in [1.807, 2.05) is 6.92 Å². The number of nitrogens with zero attached hydrogens (tertiary/aromatic N) is 2. The predicted molar refractivity (Wildman–Crippen MR) is 131 cm³/mol. The van der Waals surface area contributed by atoms with Gasteiger partial charge in [-0.05, 0) is 31.4 Å².